The Bertz CT molecular complexity index is 564. The van der Waals surface area contributed by atoms with Crippen LogP contribution >= 0.6 is 0 Å². The molecule has 1 aromatic carbocycles. The molecule has 0 amide bonds. The molecule has 0 bridgehead atoms. The van der Waals surface area contributed by atoms with Crippen LogP contribution in [0.15, 0.2) is 30.3 Å². The topological polar surface area (TPSA) is 38.3 Å². The smallest absolute Gasteiger partial charge is 0.370 e. The van der Waals surface area contributed by atoms with Gasteiger partial charge in [0.05, 0.1) is 6.42 Å². The second-order valence-corrected chi connectivity index (χ2v) is 8.40. The highest BCUT2D eigenvalue weighted by molar-refractivity contribution is 5.69. The van der Waals surface area contributed by atoms with Crippen LogP contribution in [0.2, 0.25) is 0 Å². The molecule has 0 radical (unpaired) electrons. The van der Waals surface area contributed by atoms with Crippen molar-refractivity contribution < 1.29 is 22.8 Å². The summed E-state index contributed by atoms with van der Waals surface area (Å²) >= 11 is 0. The molecule has 0 aromatic heterocycles. The van der Waals surface area contributed by atoms with E-state index < -0.39 is 12.6 Å². The lowest BCUT2D eigenvalue weighted by atomic mass is 10.0. The Balaban J connectivity index is 2.01. The molecule has 0 saturated heterocycles. The molecule has 1 atom stereocenters. The van der Waals surface area contributed by atoms with Crippen molar-refractivity contribution in [2.24, 2.45) is 0 Å². The monoisotopic (exact) mass is 443 g/mol. The average Bonchev–Trinajstić information content (AvgIpc) is 2.74. The zero-order chi connectivity index (χ0) is 22.8. The van der Waals surface area contributed by atoms with Gasteiger partial charge < -0.3 is 4.84 Å². The lowest BCUT2D eigenvalue weighted by Crippen LogP contribution is -2.31. The number of hydrogen-bond acceptors (Lipinski definition) is 3. The second kappa shape index (κ2) is 17.0. The number of hydrogen-bond donors (Lipinski definition) is 1. The number of alkyl halides is 3. The standard InChI is InChI=1S/C25H40F3NO2/c1-2-15-23(29-31-24(30)20-19-22-16-11-10-12-17-22)18-13-8-6-4-3-5-7-9-14-21-25(26,27)28/h10-12,16-17,23,29H,2-9,13-15,18-21H2,1H3. The van der Waals surface area contributed by atoms with Crippen molar-refractivity contribution in [2.45, 2.75) is 115 Å². The van der Waals surface area contributed by atoms with E-state index in [1.165, 1.54) is 0 Å². The second-order valence-electron chi connectivity index (χ2n) is 8.40. The summed E-state index contributed by atoms with van der Waals surface area (Å²) < 4.78 is 36.2. The number of benzene rings is 1. The van der Waals surface area contributed by atoms with Crippen LogP contribution in [0.4, 0.5) is 13.2 Å². The Morgan fingerprint density at radius 3 is 2.06 bits per heavy atom. The third kappa shape index (κ3) is 16.8. The quantitative estimate of drug-likeness (QED) is 0.187. The van der Waals surface area contributed by atoms with Gasteiger partial charge in [0.15, 0.2) is 0 Å². The van der Waals surface area contributed by atoms with Crippen molar-refractivity contribution in [3.63, 3.8) is 0 Å². The zero-order valence-electron chi connectivity index (χ0n) is 19.0. The van der Waals surface area contributed by atoms with Crippen LogP contribution in [0.25, 0.3) is 0 Å². The first-order valence-corrected chi connectivity index (χ1v) is 12.0. The summed E-state index contributed by atoms with van der Waals surface area (Å²) in [5.74, 6) is -0.222. The third-order valence-electron chi connectivity index (χ3n) is 5.45. The molecule has 3 nitrogen and oxygen atoms in total. The molecular formula is C25H40F3NO2. The molecule has 1 unspecified atom stereocenters. The molecule has 0 heterocycles. The summed E-state index contributed by atoms with van der Waals surface area (Å²) in [5, 5.41) is 0. The highest BCUT2D eigenvalue weighted by atomic mass is 19.4. The van der Waals surface area contributed by atoms with E-state index in [-0.39, 0.29) is 18.4 Å². The van der Waals surface area contributed by atoms with Gasteiger partial charge in [-0.3, -0.25) is 4.79 Å². The van der Waals surface area contributed by atoms with E-state index in [1.54, 1.807) is 0 Å². The van der Waals surface area contributed by atoms with Gasteiger partial charge in [-0.15, -0.1) is 0 Å². The Hall–Kier alpha value is -1.56. The normalized spacial score (nSPS) is 12.6. The van der Waals surface area contributed by atoms with Gasteiger partial charge in [0, 0.05) is 12.5 Å². The van der Waals surface area contributed by atoms with E-state index >= 15 is 0 Å². The molecule has 178 valence electrons. The fourth-order valence-corrected chi connectivity index (χ4v) is 3.66. The van der Waals surface area contributed by atoms with E-state index in [9.17, 15) is 18.0 Å². The van der Waals surface area contributed by atoms with Crippen LogP contribution in [-0.4, -0.2) is 18.2 Å². The molecular weight excluding hydrogens is 403 g/mol. The van der Waals surface area contributed by atoms with E-state index in [1.807, 2.05) is 30.3 Å². The lowest BCUT2D eigenvalue weighted by molar-refractivity contribution is -0.153. The summed E-state index contributed by atoms with van der Waals surface area (Å²) in [6, 6.07) is 10.1. The van der Waals surface area contributed by atoms with Crippen molar-refractivity contribution >= 4 is 5.97 Å². The first-order valence-electron chi connectivity index (χ1n) is 12.0. The molecule has 1 rings (SSSR count). The predicted octanol–water partition coefficient (Wildman–Crippen LogP) is 7.69. The van der Waals surface area contributed by atoms with Gasteiger partial charge in [0.25, 0.3) is 0 Å². The number of hydroxylamine groups is 1. The SMILES string of the molecule is CCCC(CCCCCCCCCCCC(F)(F)F)NOC(=O)CCc1ccccc1. The van der Waals surface area contributed by atoms with Gasteiger partial charge in [-0.2, -0.15) is 18.7 Å². The van der Waals surface area contributed by atoms with Crippen molar-refractivity contribution in [3.05, 3.63) is 35.9 Å². The van der Waals surface area contributed by atoms with Crippen molar-refractivity contribution in [1.29, 1.82) is 0 Å². The number of unbranched alkanes of at least 4 members (excludes halogenated alkanes) is 8. The molecule has 1 aromatic rings. The summed E-state index contributed by atoms with van der Waals surface area (Å²) in [6.07, 6.45) is 7.85. The molecule has 0 aliphatic heterocycles. The molecule has 0 fully saturated rings. The predicted molar refractivity (Wildman–Crippen MR) is 120 cm³/mol. The lowest BCUT2D eigenvalue weighted by Gasteiger charge is -2.17. The molecule has 0 aliphatic carbocycles. The maximum atomic E-state index is 12.1. The third-order valence-corrected chi connectivity index (χ3v) is 5.45. The fraction of sp³-hybridized carbons (Fsp3) is 0.720. The van der Waals surface area contributed by atoms with Gasteiger partial charge in [-0.25, -0.2) is 0 Å². The number of halogens is 3. The molecule has 0 saturated carbocycles. The molecule has 0 aliphatic rings. The maximum Gasteiger partial charge on any atom is 0.389 e. The number of aryl methyl sites for hydroxylation is 1. The molecule has 0 spiro atoms. The number of nitrogens with one attached hydrogen (secondary N) is 1. The Kier molecular flexibility index (Phi) is 15.1. The maximum absolute atomic E-state index is 12.1. The largest absolute Gasteiger partial charge is 0.389 e. The highest BCUT2D eigenvalue weighted by Gasteiger charge is 2.25. The zero-order valence-corrected chi connectivity index (χ0v) is 19.0. The minimum atomic E-state index is -4.01. The minimum absolute atomic E-state index is 0.194. The van der Waals surface area contributed by atoms with E-state index in [0.717, 1.165) is 69.8 Å². The first kappa shape index (κ1) is 27.5. The van der Waals surface area contributed by atoms with Crippen LogP contribution in [0, 0.1) is 0 Å². The molecule has 6 heteroatoms. The highest BCUT2D eigenvalue weighted by Crippen LogP contribution is 2.23. The molecule has 1 N–H and O–H groups in total. The summed E-state index contributed by atoms with van der Waals surface area (Å²) in [6.45, 7) is 2.13. The van der Waals surface area contributed by atoms with Crippen LogP contribution in [0.3, 0.4) is 0 Å². The van der Waals surface area contributed by atoms with E-state index in [0.29, 0.717) is 19.3 Å². The number of carbonyl (C=O) groups is 1. The average molecular weight is 444 g/mol. The summed E-state index contributed by atoms with van der Waals surface area (Å²) in [5.41, 5.74) is 4.10. The number of rotatable bonds is 18. The fourth-order valence-electron chi connectivity index (χ4n) is 3.66. The van der Waals surface area contributed by atoms with Gasteiger partial charge >= 0.3 is 12.1 Å². The van der Waals surface area contributed by atoms with Crippen LogP contribution in [-0.2, 0) is 16.1 Å². The van der Waals surface area contributed by atoms with Crippen LogP contribution in [0.1, 0.15) is 102 Å². The van der Waals surface area contributed by atoms with Crippen LogP contribution in [0.5, 0.6) is 0 Å². The van der Waals surface area contributed by atoms with Gasteiger partial charge in [0.1, 0.15) is 0 Å². The van der Waals surface area contributed by atoms with Gasteiger partial charge in [0.2, 0.25) is 0 Å². The van der Waals surface area contributed by atoms with Gasteiger partial charge in [-0.05, 0) is 31.2 Å². The number of carbonyl (C=O) groups excluding carboxylic acids is 1. The summed E-state index contributed by atoms with van der Waals surface area (Å²) in [4.78, 5) is 17.3. The van der Waals surface area contributed by atoms with E-state index in [2.05, 4.69) is 12.4 Å². The Morgan fingerprint density at radius 1 is 0.903 bits per heavy atom. The van der Waals surface area contributed by atoms with Crippen molar-refractivity contribution in [2.75, 3.05) is 0 Å². The Labute approximate surface area is 186 Å². The first-order chi connectivity index (χ1) is 14.9. The van der Waals surface area contributed by atoms with Crippen LogP contribution < -0.4 is 5.48 Å². The summed E-state index contributed by atoms with van der Waals surface area (Å²) in [7, 11) is 0. The van der Waals surface area contributed by atoms with Crippen molar-refractivity contribution in [3.8, 4) is 0 Å². The van der Waals surface area contributed by atoms with Gasteiger partial charge in [-0.1, -0.05) is 95.0 Å². The Morgan fingerprint density at radius 2 is 1.48 bits per heavy atom. The van der Waals surface area contributed by atoms with Crippen molar-refractivity contribution in [1.82, 2.24) is 5.48 Å². The minimum Gasteiger partial charge on any atom is -0.370 e. The molecule has 31 heavy (non-hydrogen) atoms. The van der Waals surface area contributed by atoms with E-state index in [4.69, 9.17) is 4.84 Å².